The Kier molecular flexibility index (Phi) is 4.92. The maximum Gasteiger partial charge on any atom is 0.251 e. The number of likely N-dealkylation sites (tertiary alicyclic amines) is 1. The van der Waals surface area contributed by atoms with E-state index in [1.807, 2.05) is 48.4 Å². The predicted molar refractivity (Wildman–Crippen MR) is 104 cm³/mol. The Hall–Kier alpha value is -2.69. The Morgan fingerprint density at radius 3 is 2.59 bits per heavy atom. The zero-order valence-corrected chi connectivity index (χ0v) is 15.6. The molecule has 140 valence electrons. The van der Waals surface area contributed by atoms with Gasteiger partial charge < -0.3 is 10.2 Å². The van der Waals surface area contributed by atoms with E-state index >= 15 is 0 Å². The first-order valence-electron chi connectivity index (χ1n) is 9.72. The molecule has 0 radical (unpaired) electrons. The first-order valence-corrected chi connectivity index (χ1v) is 9.72. The Balaban J connectivity index is 1.39. The van der Waals surface area contributed by atoms with Gasteiger partial charge in [0.1, 0.15) is 0 Å². The number of nitrogens with zero attached hydrogens (tertiary/aromatic N) is 2. The minimum absolute atomic E-state index is 0.0380. The zero-order valence-electron chi connectivity index (χ0n) is 15.6. The number of aromatic nitrogens is 1. The molecule has 1 aromatic carbocycles. The quantitative estimate of drug-likeness (QED) is 0.907. The molecular weight excluding hydrogens is 338 g/mol. The van der Waals surface area contributed by atoms with Gasteiger partial charge in [0.15, 0.2) is 0 Å². The van der Waals surface area contributed by atoms with Crippen LogP contribution in [0.4, 0.5) is 0 Å². The number of hydrogen-bond acceptors (Lipinski definition) is 3. The van der Waals surface area contributed by atoms with Crippen LogP contribution in [0.2, 0.25) is 0 Å². The van der Waals surface area contributed by atoms with Crippen LogP contribution in [0.1, 0.15) is 41.6 Å². The van der Waals surface area contributed by atoms with Gasteiger partial charge in [0.05, 0.1) is 0 Å². The summed E-state index contributed by atoms with van der Waals surface area (Å²) in [5.74, 6) is 0.438. The maximum atomic E-state index is 12.6. The molecule has 1 aliphatic heterocycles. The molecule has 2 amide bonds. The number of piperidine rings is 1. The lowest BCUT2D eigenvalue weighted by atomic mass is 10.0. The fourth-order valence-electron chi connectivity index (χ4n) is 3.75. The fourth-order valence-corrected chi connectivity index (χ4v) is 3.75. The minimum atomic E-state index is -0.0706. The van der Waals surface area contributed by atoms with Gasteiger partial charge in [-0.2, -0.15) is 0 Å². The summed E-state index contributed by atoms with van der Waals surface area (Å²) >= 11 is 0. The average molecular weight is 363 g/mol. The van der Waals surface area contributed by atoms with Crippen molar-refractivity contribution in [3.8, 4) is 11.1 Å². The van der Waals surface area contributed by atoms with Crippen LogP contribution < -0.4 is 5.32 Å². The average Bonchev–Trinajstić information content (AvgIpc) is 3.53. The van der Waals surface area contributed by atoms with Gasteiger partial charge in [0, 0.05) is 43.0 Å². The highest BCUT2D eigenvalue weighted by Gasteiger charge is 2.35. The van der Waals surface area contributed by atoms with Crippen LogP contribution in [0.3, 0.4) is 0 Å². The Morgan fingerprint density at radius 2 is 1.89 bits per heavy atom. The second kappa shape index (κ2) is 7.51. The molecule has 0 bridgehead atoms. The number of benzene rings is 1. The number of amides is 2. The van der Waals surface area contributed by atoms with Crippen molar-refractivity contribution in [2.45, 2.75) is 38.6 Å². The van der Waals surface area contributed by atoms with E-state index in [4.69, 9.17) is 0 Å². The summed E-state index contributed by atoms with van der Waals surface area (Å²) in [6, 6.07) is 9.69. The summed E-state index contributed by atoms with van der Waals surface area (Å²) in [5, 5.41) is 3.11. The largest absolute Gasteiger partial charge is 0.348 e. The van der Waals surface area contributed by atoms with Gasteiger partial charge in [-0.1, -0.05) is 12.1 Å². The predicted octanol–water partition coefficient (Wildman–Crippen LogP) is 3.19. The monoisotopic (exact) mass is 363 g/mol. The van der Waals surface area contributed by atoms with Crippen LogP contribution in [0.25, 0.3) is 11.1 Å². The second-order valence-corrected chi connectivity index (χ2v) is 7.64. The molecule has 2 aromatic rings. The smallest absolute Gasteiger partial charge is 0.251 e. The number of carbonyl (C=O) groups is 2. The highest BCUT2D eigenvalue weighted by atomic mass is 16.2. The van der Waals surface area contributed by atoms with E-state index in [0.717, 1.165) is 48.9 Å². The Morgan fingerprint density at radius 1 is 1.11 bits per heavy atom. The highest BCUT2D eigenvalue weighted by molar-refractivity contribution is 5.95. The van der Waals surface area contributed by atoms with Crippen molar-refractivity contribution in [2.75, 3.05) is 13.1 Å². The molecule has 2 aliphatic rings. The normalized spacial score (nSPS) is 19.6. The first-order chi connectivity index (χ1) is 13.1. The van der Waals surface area contributed by atoms with Gasteiger partial charge in [-0.05, 0) is 67.5 Å². The molecule has 1 N–H and O–H groups in total. The van der Waals surface area contributed by atoms with Crippen LogP contribution in [0.5, 0.6) is 0 Å². The van der Waals surface area contributed by atoms with E-state index in [-0.39, 0.29) is 23.8 Å². The van der Waals surface area contributed by atoms with E-state index in [9.17, 15) is 9.59 Å². The Labute approximate surface area is 159 Å². The number of carbonyl (C=O) groups excluding carboxylic acids is 2. The molecular formula is C22H25N3O2. The van der Waals surface area contributed by atoms with E-state index in [0.29, 0.717) is 12.1 Å². The third-order valence-corrected chi connectivity index (χ3v) is 5.47. The second-order valence-electron chi connectivity index (χ2n) is 7.64. The van der Waals surface area contributed by atoms with E-state index in [1.54, 1.807) is 6.20 Å². The summed E-state index contributed by atoms with van der Waals surface area (Å²) in [4.78, 5) is 31.0. The van der Waals surface area contributed by atoms with Crippen LogP contribution in [-0.2, 0) is 4.79 Å². The molecule has 5 heteroatoms. The Bertz CT molecular complexity index is 843. The molecule has 2 fully saturated rings. The molecule has 5 nitrogen and oxygen atoms in total. The number of hydrogen-bond donors (Lipinski definition) is 1. The molecule has 4 rings (SSSR count). The summed E-state index contributed by atoms with van der Waals surface area (Å²) in [5.41, 5.74) is 3.96. The van der Waals surface area contributed by atoms with E-state index in [2.05, 4.69) is 10.3 Å². The number of nitrogens with one attached hydrogen (secondary N) is 1. The number of pyridine rings is 1. The SMILES string of the molecule is Cc1cnccc1-c1ccc(C(=O)NC2CCCN(C(=O)C3CC3)C2)cc1. The molecule has 0 spiro atoms. The van der Waals surface area contributed by atoms with Crippen LogP contribution >= 0.6 is 0 Å². The van der Waals surface area contributed by atoms with Gasteiger partial charge in [-0.3, -0.25) is 14.6 Å². The standard InChI is InChI=1S/C22H25N3O2/c1-15-13-23-11-10-20(15)16-4-6-17(7-5-16)21(26)24-19-3-2-12-25(14-19)22(27)18-8-9-18/h4-7,10-11,13,18-19H,2-3,8-9,12,14H2,1H3,(H,24,26). The summed E-state index contributed by atoms with van der Waals surface area (Å²) in [7, 11) is 0. The molecule has 1 aliphatic carbocycles. The molecule has 1 unspecified atom stereocenters. The highest BCUT2D eigenvalue weighted by Crippen LogP contribution is 2.32. The lowest BCUT2D eigenvalue weighted by Crippen LogP contribution is -2.50. The van der Waals surface area contributed by atoms with Gasteiger partial charge in [-0.15, -0.1) is 0 Å². The van der Waals surface area contributed by atoms with Crippen molar-refractivity contribution in [3.05, 3.63) is 53.9 Å². The third kappa shape index (κ3) is 4.02. The topological polar surface area (TPSA) is 62.3 Å². The van der Waals surface area contributed by atoms with E-state index < -0.39 is 0 Å². The van der Waals surface area contributed by atoms with Crippen molar-refractivity contribution >= 4 is 11.8 Å². The summed E-state index contributed by atoms with van der Waals surface area (Å²) in [6.45, 7) is 3.48. The lowest BCUT2D eigenvalue weighted by Gasteiger charge is -2.33. The summed E-state index contributed by atoms with van der Waals surface area (Å²) in [6.07, 6.45) is 7.54. The van der Waals surface area contributed by atoms with Gasteiger partial charge >= 0.3 is 0 Å². The van der Waals surface area contributed by atoms with Crippen molar-refractivity contribution < 1.29 is 9.59 Å². The first kappa shape index (κ1) is 17.7. The summed E-state index contributed by atoms with van der Waals surface area (Å²) < 4.78 is 0. The fraction of sp³-hybridized carbons (Fsp3) is 0.409. The molecule has 1 saturated heterocycles. The molecule has 2 heterocycles. The third-order valence-electron chi connectivity index (χ3n) is 5.47. The molecule has 1 aromatic heterocycles. The van der Waals surface area contributed by atoms with Crippen molar-refractivity contribution in [1.82, 2.24) is 15.2 Å². The zero-order chi connectivity index (χ0) is 18.8. The molecule has 1 atom stereocenters. The van der Waals surface area contributed by atoms with Gasteiger partial charge in [-0.25, -0.2) is 0 Å². The van der Waals surface area contributed by atoms with Crippen LogP contribution in [0, 0.1) is 12.8 Å². The van der Waals surface area contributed by atoms with Crippen molar-refractivity contribution in [3.63, 3.8) is 0 Å². The van der Waals surface area contributed by atoms with Crippen LogP contribution in [-0.4, -0.2) is 40.8 Å². The lowest BCUT2D eigenvalue weighted by molar-refractivity contribution is -0.133. The van der Waals surface area contributed by atoms with Crippen LogP contribution in [0.15, 0.2) is 42.7 Å². The maximum absolute atomic E-state index is 12.6. The van der Waals surface area contributed by atoms with Gasteiger partial charge in [0.25, 0.3) is 5.91 Å². The van der Waals surface area contributed by atoms with Crippen molar-refractivity contribution in [2.24, 2.45) is 5.92 Å². The number of aryl methyl sites for hydroxylation is 1. The molecule has 1 saturated carbocycles. The molecule has 27 heavy (non-hydrogen) atoms. The van der Waals surface area contributed by atoms with E-state index in [1.165, 1.54) is 0 Å². The van der Waals surface area contributed by atoms with Crippen molar-refractivity contribution in [1.29, 1.82) is 0 Å². The number of rotatable bonds is 4. The minimum Gasteiger partial charge on any atom is -0.348 e. The van der Waals surface area contributed by atoms with Gasteiger partial charge in [0.2, 0.25) is 5.91 Å².